The van der Waals surface area contributed by atoms with Gasteiger partial charge >= 0.3 is 0 Å². The van der Waals surface area contributed by atoms with Crippen LogP contribution in [-0.2, 0) is 0 Å². The van der Waals surface area contributed by atoms with Crippen molar-refractivity contribution in [2.45, 2.75) is 77.7 Å². The van der Waals surface area contributed by atoms with Crippen LogP contribution in [0.3, 0.4) is 0 Å². The average Bonchev–Trinajstić information content (AvgIpc) is 2.78. The zero-order valence-electron chi connectivity index (χ0n) is 13.9. The Morgan fingerprint density at radius 3 is 2.65 bits per heavy atom. The second-order valence-electron chi connectivity index (χ2n) is 7.30. The summed E-state index contributed by atoms with van der Waals surface area (Å²) in [5, 5.41) is 3.85. The highest BCUT2D eigenvalue weighted by Gasteiger charge is 2.25. The largest absolute Gasteiger partial charge is 0.314 e. The molecule has 1 saturated heterocycles. The molecule has 0 aromatic carbocycles. The predicted molar refractivity (Wildman–Crippen MR) is 88.1 cm³/mol. The molecule has 0 bridgehead atoms. The summed E-state index contributed by atoms with van der Waals surface area (Å²) in [5.41, 5.74) is 0. The lowest BCUT2D eigenvalue weighted by molar-refractivity contribution is 0.197. The Kier molecular flexibility index (Phi) is 7.37. The summed E-state index contributed by atoms with van der Waals surface area (Å²) in [6.07, 6.45) is 12.8. The van der Waals surface area contributed by atoms with E-state index in [-0.39, 0.29) is 0 Å². The monoisotopic (exact) mass is 280 g/mol. The molecule has 0 aromatic heterocycles. The van der Waals surface area contributed by atoms with Gasteiger partial charge < -0.3 is 10.2 Å². The Morgan fingerprint density at radius 1 is 0.950 bits per heavy atom. The molecule has 2 aliphatic rings. The van der Waals surface area contributed by atoms with Gasteiger partial charge in [0.25, 0.3) is 0 Å². The molecule has 0 spiro atoms. The zero-order chi connectivity index (χ0) is 14.2. The van der Waals surface area contributed by atoms with Gasteiger partial charge in [-0.05, 0) is 70.0 Å². The molecule has 0 aromatic rings. The van der Waals surface area contributed by atoms with Gasteiger partial charge in [-0.15, -0.1) is 0 Å². The van der Waals surface area contributed by atoms with E-state index >= 15 is 0 Å². The molecular formula is C18H36N2. The summed E-state index contributed by atoms with van der Waals surface area (Å²) >= 11 is 0. The lowest BCUT2D eigenvalue weighted by Gasteiger charge is -2.31. The van der Waals surface area contributed by atoms with Crippen LogP contribution in [0.1, 0.15) is 71.6 Å². The van der Waals surface area contributed by atoms with Crippen LogP contribution in [0.4, 0.5) is 0 Å². The number of nitrogens with zero attached hydrogens (tertiary/aromatic N) is 1. The molecule has 1 saturated carbocycles. The minimum atomic E-state index is 0.790. The third-order valence-electron chi connectivity index (χ3n) is 5.42. The minimum Gasteiger partial charge on any atom is -0.314 e. The molecule has 0 amide bonds. The van der Waals surface area contributed by atoms with Gasteiger partial charge in [0.15, 0.2) is 0 Å². The topological polar surface area (TPSA) is 15.3 Å². The van der Waals surface area contributed by atoms with Crippen LogP contribution >= 0.6 is 0 Å². The van der Waals surface area contributed by atoms with Crippen molar-refractivity contribution in [1.82, 2.24) is 10.2 Å². The van der Waals surface area contributed by atoms with Gasteiger partial charge in [-0.1, -0.05) is 33.1 Å². The molecule has 2 rings (SSSR count). The Bertz CT molecular complexity index is 254. The SMILES string of the molecule is CCCNC1CCCCCC1CN1CCCC(C)CC1. The van der Waals surface area contributed by atoms with Crippen LogP contribution in [0.5, 0.6) is 0 Å². The molecule has 1 aliphatic heterocycles. The molecule has 3 unspecified atom stereocenters. The highest BCUT2D eigenvalue weighted by atomic mass is 15.1. The second-order valence-corrected chi connectivity index (χ2v) is 7.30. The number of hydrogen-bond donors (Lipinski definition) is 1. The molecule has 1 N–H and O–H groups in total. The van der Waals surface area contributed by atoms with Crippen LogP contribution in [0.2, 0.25) is 0 Å². The molecule has 1 aliphatic carbocycles. The standard InChI is InChI=1S/C18H36N2/c1-3-12-19-18-10-6-4-5-9-17(18)15-20-13-7-8-16(2)11-14-20/h16-19H,3-15H2,1-2H3. The third kappa shape index (κ3) is 5.37. The van der Waals surface area contributed by atoms with Crippen molar-refractivity contribution in [1.29, 1.82) is 0 Å². The molecule has 2 fully saturated rings. The number of hydrogen-bond acceptors (Lipinski definition) is 2. The highest BCUT2D eigenvalue weighted by Crippen LogP contribution is 2.26. The summed E-state index contributed by atoms with van der Waals surface area (Å²) < 4.78 is 0. The second kappa shape index (κ2) is 9.04. The maximum Gasteiger partial charge on any atom is 0.0107 e. The highest BCUT2D eigenvalue weighted by molar-refractivity contribution is 4.82. The van der Waals surface area contributed by atoms with E-state index in [2.05, 4.69) is 24.1 Å². The first-order valence-corrected chi connectivity index (χ1v) is 9.25. The molecule has 2 nitrogen and oxygen atoms in total. The fraction of sp³-hybridized carbons (Fsp3) is 1.00. The lowest BCUT2D eigenvalue weighted by Crippen LogP contribution is -2.42. The van der Waals surface area contributed by atoms with E-state index in [1.165, 1.54) is 84.0 Å². The first-order valence-electron chi connectivity index (χ1n) is 9.25. The van der Waals surface area contributed by atoms with E-state index in [1.54, 1.807) is 0 Å². The molecule has 118 valence electrons. The molecule has 2 heteroatoms. The predicted octanol–water partition coefficient (Wildman–Crippen LogP) is 4.06. The van der Waals surface area contributed by atoms with Crippen LogP contribution in [-0.4, -0.2) is 37.1 Å². The Hall–Kier alpha value is -0.0800. The third-order valence-corrected chi connectivity index (χ3v) is 5.42. The van der Waals surface area contributed by atoms with Gasteiger partial charge in [-0.25, -0.2) is 0 Å². The molecule has 3 atom stereocenters. The van der Waals surface area contributed by atoms with Crippen LogP contribution in [0, 0.1) is 11.8 Å². The van der Waals surface area contributed by atoms with E-state index in [0.29, 0.717) is 0 Å². The van der Waals surface area contributed by atoms with E-state index in [0.717, 1.165) is 17.9 Å². The number of nitrogens with one attached hydrogen (secondary N) is 1. The van der Waals surface area contributed by atoms with Crippen molar-refractivity contribution in [2.24, 2.45) is 11.8 Å². The minimum absolute atomic E-state index is 0.790. The zero-order valence-corrected chi connectivity index (χ0v) is 13.9. The van der Waals surface area contributed by atoms with E-state index < -0.39 is 0 Å². The molecular weight excluding hydrogens is 244 g/mol. The van der Waals surface area contributed by atoms with Gasteiger partial charge in [0.2, 0.25) is 0 Å². The Labute approximate surface area is 126 Å². The van der Waals surface area contributed by atoms with Gasteiger partial charge in [0.05, 0.1) is 0 Å². The average molecular weight is 280 g/mol. The summed E-state index contributed by atoms with van der Waals surface area (Å²) in [7, 11) is 0. The van der Waals surface area contributed by atoms with Gasteiger partial charge in [-0.3, -0.25) is 0 Å². The van der Waals surface area contributed by atoms with Crippen LogP contribution in [0.15, 0.2) is 0 Å². The molecule has 1 heterocycles. The van der Waals surface area contributed by atoms with Crippen LogP contribution in [0.25, 0.3) is 0 Å². The normalized spacial score (nSPS) is 33.6. The van der Waals surface area contributed by atoms with Crippen molar-refractivity contribution in [3.05, 3.63) is 0 Å². The quantitative estimate of drug-likeness (QED) is 0.764. The van der Waals surface area contributed by atoms with Gasteiger partial charge in [0.1, 0.15) is 0 Å². The Morgan fingerprint density at radius 2 is 1.80 bits per heavy atom. The maximum absolute atomic E-state index is 3.85. The van der Waals surface area contributed by atoms with Crippen molar-refractivity contribution >= 4 is 0 Å². The summed E-state index contributed by atoms with van der Waals surface area (Å²) in [5.74, 6) is 1.85. The van der Waals surface area contributed by atoms with E-state index in [4.69, 9.17) is 0 Å². The number of rotatable bonds is 5. The number of likely N-dealkylation sites (tertiary alicyclic amines) is 1. The van der Waals surface area contributed by atoms with Gasteiger partial charge in [0, 0.05) is 12.6 Å². The van der Waals surface area contributed by atoms with Crippen molar-refractivity contribution in [2.75, 3.05) is 26.2 Å². The fourth-order valence-electron chi connectivity index (χ4n) is 4.04. The Balaban J connectivity index is 1.85. The molecule has 0 radical (unpaired) electrons. The molecule has 20 heavy (non-hydrogen) atoms. The first kappa shape index (κ1) is 16.3. The van der Waals surface area contributed by atoms with Crippen molar-refractivity contribution in [3.63, 3.8) is 0 Å². The summed E-state index contributed by atoms with van der Waals surface area (Å²) in [6.45, 7) is 9.97. The van der Waals surface area contributed by atoms with Crippen molar-refractivity contribution in [3.8, 4) is 0 Å². The van der Waals surface area contributed by atoms with Crippen LogP contribution < -0.4 is 5.32 Å². The summed E-state index contributed by atoms with van der Waals surface area (Å²) in [6, 6.07) is 0.790. The maximum atomic E-state index is 3.85. The summed E-state index contributed by atoms with van der Waals surface area (Å²) in [4.78, 5) is 2.78. The first-order chi connectivity index (χ1) is 9.79. The van der Waals surface area contributed by atoms with E-state index in [1.807, 2.05) is 0 Å². The smallest absolute Gasteiger partial charge is 0.0107 e. The van der Waals surface area contributed by atoms with Crippen molar-refractivity contribution < 1.29 is 0 Å². The van der Waals surface area contributed by atoms with Gasteiger partial charge in [-0.2, -0.15) is 0 Å². The van der Waals surface area contributed by atoms with E-state index in [9.17, 15) is 0 Å². The lowest BCUT2D eigenvalue weighted by atomic mass is 9.93. The fourth-order valence-corrected chi connectivity index (χ4v) is 4.04.